The first kappa shape index (κ1) is 22.3. The molecular formula is C29H32N2O4. The molecule has 0 N–H and O–H groups in total. The van der Waals surface area contributed by atoms with Gasteiger partial charge in [-0.05, 0) is 86.1 Å². The lowest BCUT2D eigenvalue weighted by molar-refractivity contribution is -0.162. The van der Waals surface area contributed by atoms with E-state index in [2.05, 4.69) is 0 Å². The number of carbonyl (C=O) groups excluding carboxylic acids is 3. The number of rotatable bonds is 6. The van der Waals surface area contributed by atoms with Crippen LogP contribution in [0.1, 0.15) is 50.5 Å². The first-order chi connectivity index (χ1) is 17.0. The Balaban J connectivity index is 1.33. The molecule has 7 rings (SSSR count). The van der Waals surface area contributed by atoms with Crippen LogP contribution in [0.15, 0.2) is 54.6 Å². The Kier molecular flexibility index (Phi) is 5.42. The molecule has 4 bridgehead atoms. The van der Waals surface area contributed by atoms with Crippen LogP contribution in [0.25, 0.3) is 0 Å². The molecule has 1 unspecified atom stereocenters. The lowest BCUT2D eigenvalue weighted by Crippen LogP contribution is -2.57. The molecule has 182 valence electrons. The smallest absolute Gasteiger partial charge is 0.257 e. The summed E-state index contributed by atoms with van der Waals surface area (Å²) in [6.45, 7) is 0.349. The van der Waals surface area contributed by atoms with Crippen LogP contribution >= 0.6 is 0 Å². The Morgan fingerprint density at radius 1 is 0.943 bits per heavy atom. The van der Waals surface area contributed by atoms with Gasteiger partial charge in [-0.1, -0.05) is 30.3 Å². The van der Waals surface area contributed by atoms with Crippen LogP contribution in [0.5, 0.6) is 5.75 Å². The highest BCUT2D eigenvalue weighted by atomic mass is 16.5. The van der Waals surface area contributed by atoms with Crippen molar-refractivity contribution in [2.75, 3.05) is 12.0 Å². The Morgan fingerprint density at radius 3 is 2.11 bits per heavy atom. The van der Waals surface area contributed by atoms with Gasteiger partial charge in [0.25, 0.3) is 5.91 Å². The number of amides is 3. The number of hydrogen-bond donors (Lipinski definition) is 0. The number of hydrogen-bond acceptors (Lipinski definition) is 4. The van der Waals surface area contributed by atoms with E-state index >= 15 is 0 Å². The molecule has 6 heteroatoms. The number of ether oxygens (including phenoxy) is 1. The number of benzene rings is 2. The summed E-state index contributed by atoms with van der Waals surface area (Å²) in [7, 11) is 1.58. The van der Waals surface area contributed by atoms with Crippen molar-refractivity contribution in [3.8, 4) is 5.75 Å². The molecule has 1 atom stereocenters. The second kappa shape index (κ2) is 8.51. The monoisotopic (exact) mass is 472 g/mol. The Morgan fingerprint density at radius 2 is 1.54 bits per heavy atom. The van der Waals surface area contributed by atoms with Gasteiger partial charge in [-0.25, -0.2) is 4.90 Å². The summed E-state index contributed by atoms with van der Waals surface area (Å²) in [6.07, 6.45) is 6.56. The second-order valence-electron chi connectivity index (χ2n) is 11.1. The summed E-state index contributed by atoms with van der Waals surface area (Å²) in [5.74, 6) is 2.05. The number of nitrogens with zero attached hydrogens (tertiary/aromatic N) is 2. The van der Waals surface area contributed by atoms with Crippen molar-refractivity contribution in [3.63, 3.8) is 0 Å². The van der Waals surface area contributed by atoms with Gasteiger partial charge in [0.05, 0.1) is 24.6 Å². The highest BCUT2D eigenvalue weighted by molar-refractivity contribution is 6.23. The third kappa shape index (κ3) is 3.83. The normalized spacial score (nSPS) is 31.2. The van der Waals surface area contributed by atoms with Crippen LogP contribution in [0.2, 0.25) is 0 Å². The standard InChI is InChI=1S/C29H32N2O4/c1-35-24-9-7-23(8-10-24)31-26(32)14-25(27(31)33)30(18-19-5-3-2-4-6-19)28(34)29-15-20-11-21(16-29)13-22(12-20)17-29/h2-10,20-22,25H,11-18H2,1H3. The average molecular weight is 473 g/mol. The van der Waals surface area contributed by atoms with Crippen LogP contribution < -0.4 is 9.64 Å². The zero-order valence-electron chi connectivity index (χ0n) is 20.2. The second-order valence-corrected chi connectivity index (χ2v) is 11.1. The summed E-state index contributed by atoms with van der Waals surface area (Å²) in [5, 5.41) is 0. The maximum Gasteiger partial charge on any atom is 0.257 e. The molecule has 1 saturated heterocycles. The van der Waals surface area contributed by atoms with Crippen molar-refractivity contribution < 1.29 is 19.1 Å². The summed E-state index contributed by atoms with van der Waals surface area (Å²) >= 11 is 0. The Bertz CT molecular complexity index is 1110. The van der Waals surface area contributed by atoms with Crippen LogP contribution in [-0.4, -0.2) is 35.8 Å². The Hall–Kier alpha value is -3.15. The van der Waals surface area contributed by atoms with E-state index in [1.54, 1.807) is 36.3 Å². The predicted octanol–water partition coefficient (Wildman–Crippen LogP) is 4.57. The highest BCUT2D eigenvalue weighted by Crippen LogP contribution is 2.60. The molecule has 1 heterocycles. The lowest BCUT2D eigenvalue weighted by Gasteiger charge is -2.57. The third-order valence-electron chi connectivity index (χ3n) is 8.78. The SMILES string of the molecule is COc1ccc(N2C(=O)CC(N(Cc3ccccc3)C(=O)C34CC5CC(CC(C5)C3)C4)C2=O)cc1. The minimum atomic E-state index is -0.773. The summed E-state index contributed by atoms with van der Waals surface area (Å²) in [5.41, 5.74) is 1.12. The quantitative estimate of drug-likeness (QED) is 0.578. The molecule has 0 spiro atoms. The van der Waals surface area contributed by atoms with E-state index in [4.69, 9.17) is 4.74 Å². The fourth-order valence-corrected chi connectivity index (χ4v) is 7.64. The predicted molar refractivity (Wildman–Crippen MR) is 131 cm³/mol. The van der Waals surface area contributed by atoms with Gasteiger partial charge in [-0.3, -0.25) is 14.4 Å². The zero-order valence-corrected chi connectivity index (χ0v) is 20.2. The largest absolute Gasteiger partial charge is 0.497 e. The van der Waals surface area contributed by atoms with E-state index in [9.17, 15) is 14.4 Å². The molecule has 5 aliphatic rings. The molecule has 3 amide bonds. The number of anilines is 1. The Labute approximate surface area is 206 Å². The molecule has 35 heavy (non-hydrogen) atoms. The molecule has 6 nitrogen and oxygen atoms in total. The molecule has 5 fully saturated rings. The maximum atomic E-state index is 14.4. The molecule has 1 aliphatic heterocycles. The van der Waals surface area contributed by atoms with Gasteiger partial charge < -0.3 is 9.64 Å². The molecule has 4 saturated carbocycles. The lowest BCUT2D eigenvalue weighted by atomic mass is 9.49. The zero-order chi connectivity index (χ0) is 24.2. The topological polar surface area (TPSA) is 66.9 Å². The average Bonchev–Trinajstić information content (AvgIpc) is 3.15. The first-order valence-corrected chi connectivity index (χ1v) is 12.8. The van der Waals surface area contributed by atoms with Gasteiger partial charge in [0.15, 0.2) is 0 Å². The molecule has 2 aromatic carbocycles. The first-order valence-electron chi connectivity index (χ1n) is 12.8. The molecule has 0 aromatic heterocycles. The van der Waals surface area contributed by atoms with Crippen molar-refractivity contribution in [1.82, 2.24) is 4.90 Å². The molecule has 0 radical (unpaired) electrons. The molecule has 4 aliphatic carbocycles. The molecule has 2 aromatic rings. The summed E-state index contributed by atoms with van der Waals surface area (Å²) < 4.78 is 5.22. The fourth-order valence-electron chi connectivity index (χ4n) is 7.64. The van der Waals surface area contributed by atoms with E-state index in [1.807, 2.05) is 30.3 Å². The minimum absolute atomic E-state index is 0.0236. The third-order valence-corrected chi connectivity index (χ3v) is 8.78. The van der Waals surface area contributed by atoms with E-state index in [-0.39, 0.29) is 29.6 Å². The van der Waals surface area contributed by atoms with Gasteiger partial charge in [0.1, 0.15) is 11.8 Å². The summed E-state index contributed by atoms with van der Waals surface area (Å²) in [6, 6.07) is 16.0. The van der Waals surface area contributed by atoms with Crippen LogP contribution in [-0.2, 0) is 20.9 Å². The van der Waals surface area contributed by atoms with Gasteiger partial charge in [-0.15, -0.1) is 0 Å². The maximum absolute atomic E-state index is 14.4. The van der Waals surface area contributed by atoms with E-state index in [0.717, 1.165) is 24.8 Å². The van der Waals surface area contributed by atoms with Gasteiger partial charge in [-0.2, -0.15) is 0 Å². The van der Waals surface area contributed by atoms with Crippen molar-refractivity contribution in [2.45, 2.75) is 57.5 Å². The van der Waals surface area contributed by atoms with Gasteiger partial charge in [0.2, 0.25) is 11.8 Å². The van der Waals surface area contributed by atoms with E-state index in [0.29, 0.717) is 35.7 Å². The van der Waals surface area contributed by atoms with Crippen molar-refractivity contribution in [1.29, 1.82) is 0 Å². The minimum Gasteiger partial charge on any atom is -0.497 e. The van der Waals surface area contributed by atoms with Crippen molar-refractivity contribution >= 4 is 23.4 Å². The van der Waals surface area contributed by atoms with Gasteiger partial charge >= 0.3 is 0 Å². The van der Waals surface area contributed by atoms with Crippen molar-refractivity contribution in [2.24, 2.45) is 23.2 Å². The van der Waals surface area contributed by atoms with Crippen LogP contribution in [0.3, 0.4) is 0 Å². The number of methoxy groups -OCH3 is 1. The highest BCUT2D eigenvalue weighted by Gasteiger charge is 2.57. The van der Waals surface area contributed by atoms with E-state index in [1.165, 1.54) is 24.2 Å². The summed E-state index contributed by atoms with van der Waals surface area (Å²) in [4.78, 5) is 44.2. The van der Waals surface area contributed by atoms with Crippen LogP contribution in [0, 0.1) is 23.2 Å². The fraction of sp³-hybridized carbons (Fsp3) is 0.483. The van der Waals surface area contributed by atoms with Gasteiger partial charge in [0, 0.05) is 6.54 Å². The number of carbonyl (C=O) groups is 3. The van der Waals surface area contributed by atoms with Crippen molar-refractivity contribution in [3.05, 3.63) is 60.2 Å². The molecular weight excluding hydrogens is 440 g/mol. The number of imide groups is 1. The van der Waals surface area contributed by atoms with Crippen LogP contribution in [0.4, 0.5) is 5.69 Å². The van der Waals surface area contributed by atoms with E-state index < -0.39 is 6.04 Å².